The molecular formula is C21H11Cl2FN2O4. The van der Waals surface area contributed by atoms with Crippen LogP contribution in [0.5, 0.6) is 0 Å². The molecule has 0 aliphatic carbocycles. The highest BCUT2D eigenvalue weighted by Gasteiger charge is 2.37. The maximum Gasteiger partial charge on any atom is 0.335 e. The number of carbonyl (C=O) groups is 3. The van der Waals surface area contributed by atoms with Gasteiger partial charge in [-0.05, 0) is 60.7 Å². The number of nitrogens with zero attached hydrogens (tertiary/aromatic N) is 1. The van der Waals surface area contributed by atoms with Crippen LogP contribution >= 0.6 is 23.2 Å². The Balaban J connectivity index is 1.69. The van der Waals surface area contributed by atoms with Crippen LogP contribution in [0.25, 0.3) is 17.4 Å². The number of carbonyl (C=O) groups excluding carboxylic acids is 3. The fraction of sp³-hybridized carbons (Fsp3) is 0. The predicted octanol–water partition coefficient (Wildman–Crippen LogP) is 5.06. The first-order valence-electron chi connectivity index (χ1n) is 8.56. The second-order valence-corrected chi connectivity index (χ2v) is 7.10. The molecule has 150 valence electrons. The van der Waals surface area contributed by atoms with E-state index >= 15 is 0 Å². The summed E-state index contributed by atoms with van der Waals surface area (Å²) in [6.45, 7) is 0. The molecule has 0 spiro atoms. The second-order valence-electron chi connectivity index (χ2n) is 6.26. The zero-order chi connectivity index (χ0) is 21.4. The molecule has 0 atom stereocenters. The molecule has 2 aromatic carbocycles. The van der Waals surface area contributed by atoms with Crippen molar-refractivity contribution in [2.45, 2.75) is 0 Å². The summed E-state index contributed by atoms with van der Waals surface area (Å²) in [5.41, 5.74) is 0.330. The molecule has 0 bridgehead atoms. The molecule has 30 heavy (non-hydrogen) atoms. The Morgan fingerprint density at radius 1 is 0.967 bits per heavy atom. The summed E-state index contributed by atoms with van der Waals surface area (Å²) in [6, 6.07) is 11.8. The lowest BCUT2D eigenvalue weighted by atomic mass is 10.1. The summed E-state index contributed by atoms with van der Waals surface area (Å²) < 4.78 is 18.9. The van der Waals surface area contributed by atoms with Crippen molar-refractivity contribution in [1.29, 1.82) is 0 Å². The lowest BCUT2D eigenvalue weighted by Crippen LogP contribution is -2.54. The molecule has 1 aliphatic heterocycles. The maximum absolute atomic E-state index is 13.2. The normalized spacial score (nSPS) is 15.6. The third-order valence-corrected chi connectivity index (χ3v) is 4.86. The number of amides is 4. The zero-order valence-electron chi connectivity index (χ0n) is 15.0. The third-order valence-electron chi connectivity index (χ3n) is 4.29. The summed E-state index contributed by atoms with van der Waals surface area (Å²) in [6.07, 6.45) is 1.21. The largest absolute Gasteiger partial charge is 0.457 e. The first kappa shape index (κ1) is 19.9. The van der Waals surface area contributed by atoms with E-state index in [9.17, 15) is 18.8 Å². The zero-order valence-corrected chi connectivity index (χ0v) is 16.5. The van der Waals surface area contributed by atoms with Gasteiger partial charge < -0.3 is 4.42 Å². The van der Waals surface area contributed by atoms with E-state index < -0.39 is 23.7 Å². The van der Waals surface area contributed by atoms with Crippen molar-refractivity contribution in [2.75, 3.05) is 4.90 Å². The van der Waals surface area contributed by atoms with Crippen molar-refractivity contribution in [3.05, 3.63) is 81.8 Å². The van der Waals surface area contributed by atoms with Gasteiger partial charge in [-0.2, -0.15) is 0 Å². The molecule has 1 aromatic heterocycles. The van der Waals surface area contributed by atoms with Gasteiger partial charge in [-0.1, -0.05) is 23.2 Å². The van der Waals surface area contributed by atoms with Crippen LogP contribution in [0.15, 0.2) is 64.6 Å². The first-order chi connectivity index (χ1) is 14.3. The number of imide groups is 2. The Kier molecular flexibility index (Phi) is 5.15. The summed E-state index contributed by atoms with van der Waals surface area (Å²) in [7, 11) is 0. The molecule has 9 heteroatoms. The number of anilines is 1. The molecule has 1 N–H and O–H groups in total. The Labute approximate surface area is 179 Å². The lowest BCUT2D eigenvalue weighted by Gasteiger charge is -2.26. The van der Waals surface area contributed by atoms with Crippen LogP contribution in [-0.4, -0.2) is 17.8 Å². The van der Waals surface area contributed by atoms with E-state index in [4.69, 9.17) is 27.6 Å². The van der Waals surface area contributed by atoms with E-state index in [1.807, 2.05) is 0 Å². The molecular weight excluding hydrogens is 434 g/mol. The fourth-order valence-electron chi connectivity index (χ4n) is 2.89. The average Bonchev–Trinajstić information content (AvgIpc) is 3.17. The van der Waals surface area contributed by atoms with Gasteiger partial charge in [-0.25, -0.2) is 14.1 Å². The van der Waals surface area contributed by atoms with Gasteiger partial charge in [0.1, 0.15) is 22.9 Å². The van der Waals surface area contributed by atoms with E-state index in [2.05, 4.69) is 5.32 Å². The van der Waals surface area contributed by atoms with Crippen LogP contribution in [0.3, 0.4) is 0 Å². The average molecular weight is 445 g/mol. The maximum atomic E-state index is 13.2. The van der Waals surface area contributed by atoms with Crippen LogP contribution in [0.1, 0.15) is 5.76 Å². The number of hydrogen-bond acceptors (Lipinski definition) is 4. The van der Waals surface area contributed by atoms with E-state index in [0.29, 0.717) is 21.4 Å². The molecule has 4 rings (SSSR count). The number of urea groups is 1. The van der Waals surface area contributed by atoms with Crippen molar-refractivity contribution in [2.24, 2.45) is 0 Å². The molecule has 1 fully saturated rings. The number of benzene rings is 2. The highest BCUT2D eigenvalue weighted by molar-refractivity contribution is 6.39. The summed E-state index contributed by atoms with van der Waals surface area (Å²) >= 11 is 12.2. The molecule has 0 radical (unpaired) electrons. The molecule has 0 saturated carbocycles. The van der Waals surface area contributed by atoms with E-state index in [1.54, 1.807) is 30.3 Å². The standard InChI is InChI=1S/C21H11Cl2FN2O4/c22-11-1-7-17(23)15(9-11)18-8-6-14(30-18)10-16-19(27)25-21(29)26(20(16)28)13-4-2-12(24)3-5-13/h1-10H,(H,25,27,29)/b16-10+. The van der Waals surface area contributed by atoms with Crippen LogP contribution in [-0.2, 0) is 9.59 Å². The molecule has 0 unspecified atom stereocenters. The number of hydrogen-bond donors (Lipinski definition) is 1. The van der Waals surface area contributed by atoms with Gasteiger partial charge in [0.25, 0.3) is 11.8 Å². The van der Waals surface area contributed by atoms with Crippen LogP contribution in [0, 0.1) is 5.82 Å². The quantitative estimate of drug-likeness (QED) is 0.452. The summed E-state index contributed by atoms with van der Waals surface area (Å²) in [4.78, 5) is 38.0. The first-order valence-corrected chi connectivity index (χ1v) is 9.31. The molecule has 1 aliphatic rings. The van der Waals surface area contributed by atoms with Gasteiger partial charge in [0, 0.05) is 10.6 Å². The summed E-state index contributed by atoms with van der Waals surface area (Å²) in [5, 5.41) is 2.95. The van der Waals surface area contributed by atoms with Crippen molar-refractivity contribution >= 4 is 52.8 Å². The molecule has 3 aromatic rings. The highest BCUT2D eigenvalue weighted by Crippen LogP contribution is 2.32. The molecule has 4 amide bonds. The van der Waals surface area contributed by atoms with Crippen LogP contribution < -0.4 is 10.2 Å². The van der Waals surface area contributed by atoms with Gasteiger partial charge in [0.2, 0.25) is 0 Å². The minimum absolute atomic E-state index is 0.114. The van der Waals surface area contributed by atoms with Gasteiger partial charge in [-0.3, -0.25) is 14.9 Å². The number of barbiturate groups is 1. The van der Waals surface area contributed by atoms with Crippen molar-refractivity contribution in [3.8, 4) is 11.3 Å². The second kappa shape index (κ2) is 7.78. The van der Waals surface area contributed by atoms with Crippen molar-refractivity contribution < 1.29 is 23.2 Å². The van der Waals surface area contributed by atoms with Crippen LogP contribution in [0.2, 0.25) is 10.0 Å². The van der Waals surface area contributed by atoms with Gasteiger partial charge >= 0.3 is 6.03 Å². The fourth-order valence-corrected chi connectivity index (χ4v) is 3.27. The van der Waals surface area contributed by atoms with E-state index in [0.717, 1.165) is 17.0 Å². The van der Waals surface area contributed by atoms with Crippen molar-refractivity contribution in [1.82, 2.24) is 5.32 Å². The lowest BCUT2D eigenvalue weighted by molar-refractivity contribution is -0.122. The highest BCUT2D eigenvalue weighted by atomic mass is 35.5. The monoisotopic (exact) mass is 444 g/mol. The number of nitrogens with one attached hydrogen (secondary N) is 1. The summed E-state index contributed by atoms with van der Waals surface area (Å²) in [5.74, 6) is -1.70. The van der Waals surface area contributed by atoms with E-state index in [1.165, 1.54) is 18.2 Å². The molecule has 6 nitrogen and oxygen atoms in total. The number of furan rings is 1. The van der Waals surface area contributed by atoms with Gasteiger partial charge in [0.05, 0.1) is 10.7 Å². The Bertz CT molecular complexity index is 1220. The predicted molar refractivity (Wildman–Crippen MR) is 110 cm³/mol. The minimum atomic E-state index is -0.931. The smallest absolute Gasteiger partial charge is 0.335 e. The Hall–Kier alpha value is -3.42. The SMILES string of the molecule is O=C1NC(=O)N(c2ccc(F)cc2)C(=O)/C1=C/c1ccc(-c2cc(Cl)ccc2Cl)o1. The third kappa shape index (κ3) is 3.72. The van der Waals surface area contributed by atoms with E-state index in [-0.39, 0.29) is 17.0 Å². The Morgan fingerprint density at radius 3 is 2.43 bits per heavy atom. The van der Waals surface area contributed by atoms with Gasteiger partial charge in [0.15, 0.2) is 0 Å². The van der Waals surface area contributed by atoms with Crippen LogP contribution in [0.4, 0.5) is 14.9 Å². The molecule has 2 heterocycles. The number of rotatable bonds is 3. The van der Waals surface area contributed by atoms with Gasteiger partial charge in [-0.15, -0.1) is 0 Å². The Morgan fingerprint density at radius 2 is 1.70 bits per heavy atom. The topological polar surface area (TPSA) is 79.6 Å². The minimum Gasteiger partial charge on any atom is -0.457 e. The number of halogens is 3. The molecule has 1 saturated heterocycles. The van der Waals surface area contributed by atoms with Crippen molar-refractivity contribution in [3.63, 3.8) is 0 Å².